The van der Waals surface area contributed by atoms with E-state index in [9.17, 15) is 19.5 Å². The van der Waals surface area contributed by atoms with E-state index in [1.807, 2.05) is 43.3 Å². The van der Waals surface area contributed by atoms with Crippen molar-refractivity contribution in [3.63, 3.8) is 0 Å². The number of hydrogen-bond acceptors (Lipinski definition) is 4. The van der Waals surface area contributed by atoms with Gasteiger partial charge in [0.15, 0.2) is 0 Å². The number of ether oxygens (including phenoxy) is 1. The normalized spacial score (nSPS) is 12.9. The van der Waals surface area contributed by atoms with Crippen LogP contribution in [-0.2, 0) is 16.0 Å². The predicted molar refractivity (Wildman–Crippen MR) is 134 cm³/mol. The maximum absolute atomic E-state index is 12.8. The number of amides is 2. The molecule has 7 heteroatoms. The molecule has 0 aromatic heterocycles. The molecule has 0 aliphatic heterocycles. The number of hydrogen-bond donors (Lipinski definition) is 3. The number of carboxylic acids is 1. The summed E-state index contributed by atoms with van der Waals surface area (Å²) in [4.78, 5) is 37.1. The fourth-order valence-corrected chi connectivity index (χ4v) is 4.45. The third kappa shape index (κ3) is 5.04. The summed E-state index contributed by atoms with van der Waals surface area (Å²) in [6.07, 6.45) is 0.287. The molecule has 180 valence electrons. The van der Waals surface area contributed by atoms with Gasteiger partial charge in [-0.05, 0) is 52.8 Å². The van der Waals surface area contributed by atoms with Crippen LogP contribution in [0.15, 0.2) is 66.7 Å². The van der Waals surface area contributed by atoms with Crippen LogP contribution < -0.4 is 10.6 Å². The molecule has 1 atom stereocenters. The molecule has 0 heterocycles. The topological polar surface area (TPSA) is 105 Å². The average Bonchev–Trinajstić information content (AvgIpc) is 3.19. The summed E-state index contributed by atoms with van der Waals surface area (Å²) < 4.78 is 5.54. The summed E-state index contributed by atoms with van der Waals surface area (Å²) >= 11 is 0. The molecule has 1 unspecified atom stereocenters. The second kappa shape index (κ2) is 10.4. The van der Waals surface area contributed by atoms with Gasteiger partial charge in [-0.25, -0.2) is 9.59 Å². The molecular weight excluding hydrogens is 444 g/mol. The lowest BCUT2D eigenvalue weighted by molar-refractivity contribution is -0.118. The smallest absolute Gasteiger partial charge is 0.407 e. The van der Waals surface area contributed by atoms with Gasteiger partial charge in [0.2, 0.25) is 5.91 Å². The zero-order chi connectivity index (χ0) is 24.9. The number of aromatic carboxylic acids is 1. The van der Waals surface area contributed by atoms with Gasteiger partial charge in [-0.15, -0.1) is 0 Å². The molecule has 0 radical (unpaired) electrons. The number of alkyl carbamates (subject to hydrolysis) is 1. The highest BCUT2D eigenvalue weighted by Gasteiger charge is 2.29. The minimum absolute atomic E-state index is 0.00805. The largest absolute Gasteiger partial charge is 0.478 e. The predicted octanol–water partition coefficient (Wildman–Crippen LogP) is 5.20. The first kappa shape index (κ1) is 24.0. The monoisotopic (exact) mass is 472 g/mol. The Bertz CT molecular complexity index is 1220. The number of rotatable bonds is 8. The van der Waals surface area contributed by atoms with Gasteiger partial charge in [-0.3, -0.25) is 4.79 Å². The highest BCUT2D eigenvalue weighted by atomic mass is 16.5. The Hall–Kier alpha value is -4.13. The number of anilines is 1. The maximum atomic E-state index is 12.8. The van der Waals surface area contributed by atoms with Gasteiger partial charge >= 0.3 is 12.1 Å². The van der Waals surface area contributed by atoms with Gasteiger partial charge in [0.1, 0.15) is 12.6 Å². The molecule has 0 fully saturated rings. The first-order valence-electron chi connectivity index (χ1n) is 11.7. The molecule has 0 spiro atoms. The molecule has 2 amide bonds. The second-order valence-electron chi connectivity index (χ2n) is 8.46. The van der Waals surface area contributed by atoms with Crippen molar-refractivity contribution in [2.75, 3.05) is 11.9 Å². The van der Waals surface area contributed by atoms with Crippen LogP contribution in [-0.4, -0.2) is 35.7 Å². The molecule has 3 N–H and O–H groups in total. The van der Waals surface area contributed by atoms with Crippen molar-refractivity contribution in [2.45, 2.75) is 38.6 Å². The Labute approximate surface area is 204 Å². The Morgan fingerprint density at radius 1 is 0.943 bits per heavy atom. The standard InChI is InChI=1S/C28H28N2O5/c1-3-17-13-14-25(22(15-17)27(32)33)29-26(31)24(4-2)30-28(34)35-16-23-20-11-7-5-9-18(20)19-10-6-8-12-21(19)23/h5-15,23-24H,3-4,16H2,1-2H3,(H,29,31)(H,30,34)(H,32,33). The number of nitrogens with one attached hydrogen (secondary N) is 2. The molecule has 1 aliphatic carbocycles. The molecule has 1 aliphatic rings. The molecule has 3 aromatic carbocycles. The van der Waals surface area contributed by atoms with Crippen LogP contribution in [0.25, 0.3) is 11.1 Å². The molecule has 4 rings (SSSR count). The van der Waals surface area contributed by atoms with E-state index in [1.54, 1.807) is 19.1 Å². The number of carbonyl (C=O) groups is 3. The van der Waals surface area contributed by atoms with E-state index < -0.39 is 24.0 Å². The molecule has 35 heavy (non-hydrogen) atoms. The summed E-state index contributed by atoms with van der Waals surface area (Å²) in [5.41, 5.74) is 5.51. The lowest BCUT2D eigenvalue weighted by Gasteiger charge is -2.19. The van der Waals surface area contributed by atoms with E-state index in [-0.39, 0.29) is 23.8 Å². The van der Waals surface area contributed by atoms with E-state index >= 15 is 0 Å². The Morgan fingerprint density at radius 2 is 1.57 bits per heavy atom. The van der Waals surface area contributed by atoms with E-state index in [2.05, 4.69) is 22.8 Å². The average molecular weight is 473 g/mol. The van der Waals surface area contributed by atoms with Gasteiger partial charge in [0.25, 0.3) is 0 Å². The van der Waals surface area contributed by atoms with Gasteiger partial charge in [0.05, 0.1) is 11.3 Å². The van der Waals surface area contributed by atoms with Crippen LogP contribution >= 0.6 is 0 Å². The Kier molecular flexibility index (Phi) is 7.15. The molecule has 7 nitrogen and oxygen atoms in total. The summed E-state index contributed by atoms with van der Waals surface area (Å²) in [7, 11) is 0. The number of carboxylic acid groups (broad SMARTS) is 1. The number of benzene rings is 3. The number of fused-ring (bicyclic) bond motifs is 3. The first-order valence-corrected chi connectivity index (χ1v) is 11.7. The van der Waals surface area contributed by atoms with Crippen LogP contribution in [0.1, 0.15) is 53.2 Å². The van der Waals surface area contributed by atoms with Gasteiger partial charge in [0, 0.05) is 5.92 Å². The van der Waals surface area contributed by atoms with Crippen molar-refractivity contribution in [3.05, 3.63) is 89.0 Å². The lowest BCUT2D eigenvalue weighted by Crippen LogP contribution is -2.44. The Balaban J connectivity index is 1.41. The van der Waals surface area contributed by atoms with Crippen molar-refractivity contribution in [3.8, 4) is 11.1 Å². The van der Waals surface area contributed by atoms with Gasteiger partial charge in [-0.1, -0.05) is 68.4 Å². The van der Waals surface area contributed by atoms with Gasteiger partial charge < -0.3 is 20.5 Å². The minimum Gasteiger partial charge on any atom is -0.478 e. The molecule has 3 aromatic rings. The van der Waals surface area contributed by atoms with Crippen molar-refractivity contribution in [1.82, 2.24) is 5.32 Å². The highest BCUT2D eigenvalue weighted by Crippen LogP contribution is 2.44. The zero-order valence-electron chi connectivity index (χ0n) is 19.7. The van der Waals surface area contributed by atoms with Crippen LogP contribution in [0.2, 0.25) is 0 Å². The van der Waals surface area contributed by atoms with Crippen LogP contribution in [0.4, 0.5) is 10.5 Å². The minimum atomic E-state index is -1.13. The summed E-state index contributed by atoms with van der Waals surface area (Å²) in [6, 6.07) is 20.1. The molecular formula is C28H28N2O5. The van der Waals surface area contributed by atoms with Crippen LogP contribution in [0.5, 0.6) is 0 Å². The second-order valence-corrected chi connectivity index (χ2v) is 8.46. The van der Waals surface area contributed by atoms with E-state index in [4.69, 9.17) is 4.74 Å². The van der Waals surface area contributed by atoms with E-state index in [1.165, 1.54) is 6.07 Å². The summed E-state index contributed by atoms with van der Waals surface area (Å²) in [6.45, 7) is 3.82. The molecule has 0 saturated carbocycles. The van der Waals surface area contributed by atoms with Crippen molar-refractivity contribution in [2.24, 2.45) is 0 Å². The Morgan fingerprint density at radius 3 is 2.14 bits per heavy atom. The first-order chi connectivity index (χ1) is 16.9. The van der Waals surface area contributed by atoms with Crippen LogP contribution in [0.3, 0.4) is 0 Å². The quantitative estimate of drug-likeness (QED) is 0.418. The molecule has 0 saturated heterocycles. The maximum Gasteiger partial charge on any atom is 0.407 e. The SMILES string of the molecule is CCc1ccc(NC(=O)C(CC)NC(=O)OCC2c3ccccc3-c3ccccc32)c(C(=O)O)c1. The van der Waals surface area contributed by atoms with E-state index in [0.717, 1.165) is 27.8 Å². The van der Waals surface area contributed by atoms with Crippen molar-refractivity contribution >= 4 is 23.7 Å². The summed E-state index contributed by atoms with van der Waals surface area (Å²) in [5.74, 6) is -1.72. The van der Waals surface area contributed by atoms with Crippen molar-refractivity contribution in [1.29, 1.82) is 0 Å². The fraction of sp³-hybridized carbons (Fsp3) is 0.250. The van der Waals surface area contributed by atoms with Gasteiger partial charge in [-0.2, -0.15) is 0 Å². The zero-order valence-corrected chi connectivity index (χ0v) is 19.7. The molecule has 0 bridgehead atoms. The van der Waals surface area contributed by atoms with Crippen LogP contribution in [0, 0.1) is 0 Å². The van der Waals surface area contributed by atoms with E-state index in [0.29, 0.717) is 12.8 Å². The summed E-state index contributed by atoms with van der Waals surface area (Å²) in [5, 5.41) is 14.8. The highest BCUT2D eigenvalue weighted by molar-refractivity contribution is 6.03. The lowest BCUT2D eigenvalue weighted by atomic mass is 9.98. The third-order valence-electron chi connectivity index (χ3n) is 6.34. The van der Waals surface area contributed by atoms with Crippen molar-refractivity contribution < 1.29 is 24.2 Å². The number of carbonyl (C=O) groups excluding carboxylic acids is 2. The number of aryl methyl sites for hydroxylation is 1. The third-order valence-corrected chi connectivity index (χ3v) is 6.34. The fourth-order valence-electron chi connectivity index (χ4n) is 4.45.